The summed E-state index contributed by atoms with van der Waals surface area (Å²) >= 11 is 0. The third-order valence-corrected chi connectivity index (χ3v) is 5.97. The number of benzene rings is 2. The summed E-state index contributed by atoms with van der Waals surface area (Å²) in [4.78, 5) is 12.5. The molecule has 0 atom stereocenters. The number of carbonyl (C=O) groups is 1. The SMILES string of the molecule is CCCCCCOc1ccc(OC(=O)c2ccc(C3OCC(CCCCC)CO3)cc2F)cc1. The normalized spacial score (nSPS) is 18.0. The lowest BCUT2D eigenvalue weighted by Gasteiger charge is -2.29. The highest BCUT2D eigenvalue weighted by atomic mass is 19.1. The van der Waals surface area contributed by atoms with Gasteiger partial charge in [0.25, 0.3) is 0 Å². The van der Waals surface area contributed by atoms with E-state index in [-0.39, 0.29) is 5.56 Å². The van der Waals surface area contributed by atoms with Crippen molar-refractivity contribution in [2.45, 2.75) is 71.5 Å². The van der Waals surface area contributed by atoms with Gasteiger partial charge in [0.1, 0.15) is 17.3 Å². The van der Waals surface area contributed by atoms with E-state index in [2.05, 4.69) is 13.8 Å². The van der Waals surface area contributed by atoms with Crippen molar-refractivity contribution in [1.29, 1.82) is 0 Å². The first-order valence-corrected chi connectivity index (χ1v) is 12.6. The molecule has 0 radical (unpaired) electrons. The molecule has 0 aliphatic carbocycles. The predicted octanol–water partition coefficient (Wildman–Crippen LogP) is 7.25. The van der Waals surface area contributed by atoms with Gasteiger partial charge in [0.2, 0.25) is 0 Å². The minimum Gasteiger partial charge on any atom is -0.494 e. The van der Waals surface area contributed by atoms with Crippen LogP contribution in [0.2, 0.25) is 0 Å². The molecule has 2 aromatic rings. The number of hydrogen-bond donors (Lipinski definition) is 0. The summed E-state index contributed by atoms with van der Waals surface area (Å²) in [6, 6.07) is 11.1. The Kier molecular flexibility index (Phi) is 10.8. The van der Waals surface area contributed by atoms with E-state index < -0.39 is 18.1 Å². The molecule has 0 amide bonds. The van der Waals surface area contributed by atoms with E-state index in [0.717, 1.165) is 19.3 Å². The Morgan fingerprint density at radius 2 is 1.59 bits per heavy atom. The smallest absolute Gasteiger partial charge is 0.346 e. The van der Waals surface area contributed by atoms with Crippen LogP contribution >= 0.6 is 0 Å². The Balaban J connectivity index is 1.48. The van der Waals surface area contributed by atoms with E-state index in [0.29, 0.717) is 42.8 Å². The molecule has 6 heteroatoms. The zero-order valence-corrected chi connectivity index (χ0v) is 20.4. The molecule has 0 saturated carbocycles. The fraction of sp³-hybridized carbons (Fsp3) is 0.536. The summed E-state index contributed by atoms with van der Waals surface area (Å²) in [7, 11) is 0. The molecule has 1 fully saturated rings. The minimum absolute atomic E-state index is 0.131. The van der Waals surface area contributed by atoms with Gasteiger partial charge in [0.05, 0.1) is 25.4 Å². The van der Waals surface area contributed by atoms with Crippen molar-refractivity contribution in [2.75, 3.05) is 19.8 Å². The Bertz CT molecular complexity index is 875. The number of esters is 1. The van der Waals surface area contributed by atoms with Crippen LogP contribution in [-0.4, -0.2) is 25.8 Å². The van der Waals surface area contributed by atoms with Gasteiger partial charge in [-0.05, 0) is 49.2 Å². The highest BCUT2D eigenvalue weighted by molar-refractivity contribution is 5.91. The Morgan fingerprint density at radius 1 is 0.912 bits per heavy atom. The Morgan fingerprint density at radius 3 is 2.26 bits per heavy atom. The van der Waals surface area contributed by atoms with Crippen LogP contribution in [0.25, 0.3) is 0 Å². The second kappa shape index (κ2) is 14.1. The van der Waals surface area contributed by atoms with E-state index in [4.69, 9.17) is 18.9 Å². The number of hydrogen-bond acceptors (Lipinski definition) is 5. The van der Waals surface area contributed by atoms with Crippen LogP contribution in [0.5, 0.6) is 11.5 Å². The largest absolute Gasteiger partial charge is 0.494 e. The average molecular weight is 473 g/mol. The predicted molar refractivity (Wildman–Crippen MR) is 130 cm³/mol. The number of ether oxygens (including phenoxy) is 4. The maximum absolute atomic E-state index is 14.7. The zero-order valence-electron chi connectivity index (χ0n) is 20.4. The van der Waals surface area contributed by atoms with E-state index in [1.165, 1.54) is 44.2 Å². The summed E-state index contributed by atoms with van der Waals surface area (Å²) in [5, 5.41) is 0. The standard InChI is InChI=1S/C28H37FO5/c1-3-5-7-9-17-31-23-12-14-24(15-13-23)34-27(30)25-16-11-22(18-26(25)29)28-32-19-21(20-33-28)10-8-6-4-2/h11-16,18,21,28H,3-10,17,19-20H2,1-2H3. The second-order valence-electron chi connectivity index (χ2n) is 8.87. The quantitative estimate of drug-likeness (QED) is 0.175. The molecule has 186 valence electrons. The average Bonchev–Trinajstić information content (AvgIpc) is 2.85. The van der Waals surface area contributed by atoms with Crippen LogP contribution in [0, 0.1) is 11.7 Å². The highest BCUT2D eigenvalue weighted by Crippen LogP contribution is 2.29. The third kappa shape index (κ3) is 8.10. The lowest BCUT2D eigenvalue weighted by atomic mass is 10.0. The van der Waals surface area contributed by atoms with Crippen molar-refractivity contribution in [3.63, 3.8) is 0 Å². The van der Waals surface area contributed by atoms with Gasteiger partial charge in [-0.15, -0.1) is 0 Å². The molecular weight excluding hydrogens is 435 g/mol. The van der Waals surface area contributed by atoms with Gasteiger partial charge in [-0.25, -0.2) is 9.18 Å². The van der Waals surface area contributed by atoms with Gasteiger partial charge in [-0.3, -0.25) is 0 Å². The van der Waals surface area contributed by atoms with Crippen molar-refractivity contribution in [3.05, 3.63) is 59.4 Å². The first kappa shape index (κ1) is 26.2. The van der Waals surface area contributed by atoms with Crippen LogP contribution < -0.4 is 9.47 Å². The molecule has 1 saturated heterocycles. The first-order valence-electron chi connectivity index (χ1n) is 12.6. The maximum Gasteiger partial charge on any atom is 0.346 e. The summed E-state index contributed by atoms with van der Waals surface area (Å²) in [6.07, 6.45) is 8.57. The molecule has 1 aliphatic rings. The molecule has 0 bridgehead atoms. The van der Waals surface area contributed by atoms with Crippen LogP contribution in [0.4, 0.5) is 4.39 Å². The van der Waals surface area contributed by atoms with Gasteiger partial charge in [0.15, 0.2) is 6.29 Å². The van der Waals surface area contributed by atoms with E-state index in [1.54, 1.807) is 30.3 Å². The van der Waals surface area contributed by atoms with Crippen molar-refractivity contribution >= 4 is 5.97 Å². The molecule has 3 rings (SSSR count). The van der Waals surface area contributed by atoms with Crippen molar-refractivity contribution in [1.82, 2.24) is 0 Å². The number of rotatable bonds is 13. The summed E-state index contributed by atoms with van der Waals surface area (Å²) in [6.45, 7) is 6.20. The Labute approximate surface area is 202 Å². The first-order chi connectivity index (χ1) is 16.6. The van der Waals surface area contributed by atoms with E-state index >= 15 is 0 Å². The number of halogens is 1. The monoisotopic (exact) mass is 472 g/mol. The van der Waals surface area contributed by atoms with Crippen LogP contribution in [0.3, 0.4) is 0 Å². The van der Waals surface area contributed by atoms with Crippen LogP contribution in [-0.2, 0) is 9.47 Å². The van der Waals surface area contributed by atoms with Gasteiger partial charge >= 0.3 is 5.97 Å². The number of carbonyl (C=O) groups excluding carboxylic acids is 1. The summed E-state index contributed by atoms with van der Waals surface area (Å²) < 4.78 is 37.3. The molecule has 5 nitrogen and oxygen atoms in total. The summed E-state index contributed by atoms with van der Waals surface area (Å²) in [5.74, 6) is 0.0112. The molecule has 0 spiro atoms. The van der Waals surface area contributed by atoms with Gasteiger partial charge in [0, 0.05) is 11.5 Å². The van der Waals surface area contributed by atoms with E-state index in [9.17, 15) is 9.18 Å². The molecule has 1 heterocycles. The van der Waals surface area contributed by atoms with Crippen molar-refractivity contribution in [3.8, 4) is 11.5 Å². The molecule has 2 aromatic carbocycles. The lowest BCUT2D eigenvalue weighted by Crippen LogP contribution is -2.27. The lowest BCUT2D eigenvalue weighted by molar-refractivity contribution is -0.206. The van der Waals surface area contributed by atoms with Crippen LogP contribution in [0.15, 0.2) is 42.5 Å². The molecule has 0 N–H and O–H groups in total. The minimum atomic E-state index is -0.751. The molecule has 34 heavy (non-hydrogen) atoms. The van der Waals surface area contributed by atoms with Crippen LogP contribution in [0.1, 0.15) is 87.4 Å². The zero-order chi connectivity index (χ0) is 24.2. The molecule has 0 unspecified atom stereocenters. The van der Waals surface area contributed by atoms with Gasteiger partial charge < -0.3 is 18.9 Å². The Hall–Kier alpha value is -2.44. The molecular formula is C28H37FO5. The molecule has 1 aliphatic heterocycles. The topological polar surface area (TPSA) is 54.0 Å². The fourth-order valence-corrected chi connectivity index (χ4v) is 3.91. The van der Waals surface area contributed by atoms with Crippen molar-refractivity contribution in [2.24, 2.45) is 5.92 Å². The van der Waals surface area contributed by atoms with E-state index in [1.807, 2.05) is 0 Å². The highest BCUT2D eigenvalue weighted by Gasteiger charge is 2.25. The number of unbranched alkanes of at least 4 members (excludes halogenated alkanes) is 5. The maximum atomic E-state index is 14.7. The second-order valence-corrected chi connectivity index (χ2v) is 8.87. The van der Waals surface area contributed by atoms with Crippen molar-refractivity contribution < 1.29 is 28.1 Å². The third-order valence-electron chi connectivity index (χ3n) is 5.97. The molecule has 0 aromatic heterocycles. The van der Waals surface area contributed by atoms with Gasteiger partial charge in [-0.1, -0.05) is 58.4 Å². The van der Waals surface area contributed by atoms with Gasteiger partial charge in [-0.2, -0.15) is 0 Å². The summed E-state index contributed by atoms with van der Waals surface area (Å²) in [5.41, 5.74) is 0.426. The fourth-order valence-electron chi connectivity index (χ4n) is 3.91.